The van der Waals surface area contributed by atoms with Gasteiger partial charge in [-0.1, -0.05) is 42.5 Å². The van der Waals surface area contributed by atoms with Gasteiger partial charge in [-0.05, 0) is 36.9 Å². The minimum Gasteiger partial charge on any atom is -0.457 e. The van der Waals surface area contributed by atoms with Crippen LogP contribution in [-0.4, -0.2) is 13.6 Å². The third-order valence-electron chi connectivity index (χ3n) is 2.49. The van der Waals surface area contributed by atoms with E-state index in [1.807, 2.05) is 61.6 Å². The Kier molecular flexibility index (Phi) is 4.56. The Morgan fingerprint density at radius 1 is 0.944 bits per heavy atom. The summed E-state index contributed by atoms with van der Waals surface area (Å²) >= 11 is 0. The van der Waals surface area contributed by atoms with Gasteiger partial charge in [-0.3, -0.25) is 0 Å². The van der Waals surface area contributed by atoms with Gasteiger partial charge >= 0.3 is 0 Å². The summed E-state index contributed by atoms with van der Waals surface area (Å²) < 4.78 is 5.72. The first-order chi connectivity index (χ1) is 8.88. The molecule has 0 saturated heterocycles. The van der Waals surface area contributed by atoms with E-state index in [1.54, 1.807) is 0 Å². The summed E-state index contributed by atoms with van der Waals surface area (Å²) in [6.07, 6.45) is 4.18. The molecule has 0 aromatic heterocycles. The van der Waals surface area contributed by atoms with Crippen molar-refractivity contribution < 1.29 is 4.74 Å². The fraction of sp³-hybridized carbons (Fsp3) is 0.125. The Hall–Kier alpha value is -2.06. The Labute approximate surface area is 108 Å². The van der Waals surface area contributed by atoms with Crippen LogP contribution in [0.4, 0.5) is 0 Å². The third kappa shape index (κ3) is 3.75. The lowest BCUT2D eigenvalue weighted by atomic mass is 10.2. The molecule has 2 aromatic carbocycles. The summed E-state index contributed by atoms with van der Waals surface area (Å²) in [4.78, 5) is 0. The summed E-state index contributed by atoms with van der Waals surface area (Å²) in [6.45, 7) is 0.877. The molecule has 0 aliphatic carbocycles. The molecule has 18 heavy (non-hydrogen) atoms. The molecule has 0 unspecified atom stereocenters. The molecular formula is C16H17NO. The maximum absolute atomic E-state index is 5.72. The number of rotatable bonds is 5. The van der Waals surface area contributed by atoms with Gasteiger partial charge in [0.05, 0.1) is 0 Å². The highest BCUT2D eigenvalue weighted by Gasteiger charge is 1.95. The van der Waals surface area contributed by atoms with Crippen LogP contribution in [0.3, 0.4) is 0 Å². The second kappa shape index (κ2) is 6.62. The predicted octanol–water partition coefficient (Wildman–Crippen LogP) is 3.71. The van der Waals surface area contributed by atoms with Gasteiger partial charge in [-0.15, -0.1) is 0 Å². The van der Waals surface area contributed by atoms with Gasteiger partial charge in [-0.25, -0.2) is 0 Å². The topological polar surface area (TPSA) is 21.3 Å². The van der Waals surface area contributed by atoms with Crippen molar-refractivity contribution in [2.75, 3.05) is 13.6 Å². The van der Waals surface area contributed by atoms with Gasteiger partial charge in [0.25, 0.3) is 0 Å². The summed E-state index contributed by atoms with van der Waals surface area (Å²) in [6, 6.07) is 17.8. The van der Waals surface area contributed by atoms with Crippen LogP contribution in [0.5, 0.6) is 11.5 Å². The van der Waals surface area contributed by atoms with Crippen LogP contribution in [0.25, 0.3) is 6.08 Å². The van der Waals surface area contributed by atoms with E-state index < -0.39 is 0 Å². The van der Waals surface area contributed by atoms with Gasteiger partial charge < -0.3 is 10.1 Å². The van der Waals surface area contributed by atoms with Gasteiger partial charge in [0.2, 0.25) is 0 Å². The second-order valence-electron chi connectivity index (χ2n) is 3.94. The predicted molar refractivity (Wildman–Crippen MR) is 75.9 cm³/mol. The summed E-state index contributed by atoms with van der Waals surface area (Å²) in [7, 11) is 1.93. The molecule has 0 aliphatic rings. The number of ether oxygens (including phenoxy) is 1. The average molecular weight is 239 g/mol. The van der Waals surface area contributed by atoms with E-state index in [1.165, 1.54) is 5.56 Å². The first-order valence-electron chi connectivity index (χ1n) is 6.02. The highest BCUT2D eigenvalue weighted by molar-refractivity contribution is 5.51. The maximum Gasteiger partial charge on any atom is 0.127 e. The first-order valence-corrected chi connectivity index (χ1v) is 6.02. The minimum atomic E-state index is 0.854. The Morgan fingerprint density at radius 3 is 2.28 bits per heavy atom. The zero-order chi connectivity index (χ0) is 12.6. The van der Waals surface area contributed by atoms with Crippen molar-refractivity contribution in [1.82, 2.24) is 5.32 Å². The van der Waals surface area contributed by atoms with Crippen LogP contribution < -0.4 is 10.1 Å². The fourth-order valence-electron chi connectivity index (χ4n) is 1.58. The van der Waals surface area contributed by atoms with E-state index in [2.05, 4.69) is 17.5 Å². The Bertz CT molecular complexity index is 488. The zero-order valence-corrected chi connectivity index (χ0v) is 10.5. The van der Waals surface area contributed by atoms with Crippen LogP contribution in [0.1, 0.15) is 5.56 Å². The van der Waals surface area contributed by atoms with Gasteiger partial charge in [0.15, 0.2) is 0 Å². The van der Waals surface area contributed by atoms with Crippen LogP contribution >= 0.6 is 0 Å². The lowest BCUT2D eigenvalue weighted by Crippen LogP contribution is -2.03. The number of benzene rings is 2. The van der Waals surface area contributed by atoms with Crippen molar-refractivity contribution in [2.45, 2.75) is 0 Å². The molecule has 0 spiro atoms. The molecule has 0 saturated carbocycles. The first kappa shape index (κ1) is 12.4. The van der Waals surface area contributed by atoms with Gasteiger partial charge in [0.1, 0.15) is 11.5 Å². The third-order valence-corrected chi connectivity index (χ3v) is 2.49. The molecule has 2 aromatic rings. The van der Waals surface area contributed by atoms with E-state index >= 15 is 0 Å². The highest BCUT2D eigenvalue weighted by Crippen LogP contribution is 2.21. The maximum atomic E-state index is 5.72. The van der Waals surface area contributed by atoms with Gasteiger partial charge in [0, 0.05) is 6.54 Å². The molecule has 0 radical (unpaired) electrons. The molecule has 1 N–H and O–H groups in total. The molecular weight excluding hydrogens is 222 g/mol. The molecule has 0 heterocycles. The summed E-state index contributed by atoms with van der Waals surface area (Å²) in [5.74, 6) is 1.71. The van der Waals surface area contributed by atoms with Crippen LogP contribution in [0.2, 0.25) is 0 Å². The number of hydrogen-bond acceptors (Lipinski definition) is 2. The van der Waals surface area contributed by atoms with Crippen molar-refractivity contribution >= 4 is 6.08 Å². The highest BCUT2D eigenvalue weighted by atomic mass is 16.5. The molecule has 2 heteroatoms. The van der Waals surface area contributed by atoms with Crippen LogP contribution in [-0.2, 0) is 0 Å². The average Bonchev–Trinajstić information content (AvgIpc) is 2.42. The largest absolute Gasteiger partial charge is 0.457 e. The molecule has 2 rings (SSSR count). The molecule has 92 valence electrons. The SMILES string of the molecule is CNCC=Cc1ccc(Oc2ccccc2)cc1. The van der Waals surface area contributed by atoms with Crippen molar-refractivity contribution in [2.24, 2.45) is 0 Å². The van der Waals surface area contributed by atoms with Crippen molar-refractivity contribution in [1.29, 1.82) is 0 Å². The Morgan fingerprint density at radius 2 is 1.61 bits per heavy atom. The number of likely N-dealkylation sites (N-methyl/N-ethyl adjacent to an activating group) is 1. The van der Waals surface area contributed by atoms with Crippen molar-refractivity contribution in [3.05, 3.63) is 66.2 Å². The van der Waals surface area contributed by atoms with E-state index in [9.17, 15) is 0 Å². The van der Waals surface area contributed by atoms with Crippen molar-refractivity contribution in [3.8, 4) is 11.5 Å². The molecule has 0 aliphatic heterocycles. The van der Waals surface area contributed by atoms with Crippen molar-refractivity contribution in [3.63, 3.8) is 0 Å². The standard InChI is InChI=1S/C16H17NO/c1-17-13-5-6-14-9-11-16(12-10-14)18-15-7-3-2-4-8-15/h2-12,17H,13H2,1H3. The lowest BCUT2D eigenvalue weighted by Gasteiger charge is -2.05. The Balaban J connectivity index is 2.00. The summed E-state index contributed by atoms with van der Waals surface area (Å²) in [5.41, 5.74) is 1.17. The normalized spacial score (nSPS) is 10.7. The zero-order valence-electron chi connectivity index (χ0n) is 10.5. The fourth-order valence-corrected chi connectivity index (χ4v) is 1.58. The molecule has 0 amide bonds. The molecule has 2 nitrogen and oxygen atoms in total. The quantitative estimate of drug-likeness (QED) is 0.858. The second-order valence-corrected chi connectivity index (χ2v) is 3.94. The molecule has 0 atom stereocenters. The van der Waals surface area contributed by atoms with Gasteiger partial charge in [-0.2, -0.15) is 0 Å². The van der Waals surface area contributed by atoms with E-state index in [0.29, 0.717) is 0 Å². The minimum absolute atomic E-state index is 0.854. The lowest BCUT2D eigenvalue weighted by molar-refractivity contribution is 0.482. The number of nitrogens with one attached hydrogen (secondary N) is 1. The molecule has 0 bridgehead atoms. The van der Waals surface area contributed by atoms with Crippen LogP contribution in [0, 0.1) is 0 Å². The molecule has 0 fully saturated rings. The number of para-hydroxylation sites is 1. The van der Waals surface area contributed by atoms with E-state index in [-0.39, 0.29) is 0 Å². The summed E-state index contributed by atoms with van der Waals surface area (Å²) in [5, 5.41) is 3.07. The van der Waals surface area contributed by atoms with E-state index in [0.717, 1.165) is 18.0 Å². The monoisotopic (exact) mass is 239 g/mol. The van der Waals surface area contributed by atoms with Crippen LogP contribution in [0.15, 0.2) is 60.7 Å². The number of hydrogen-bond donors (Lipinski definition) is 1. The smallest absolute Gasteiger partial charge is 0.127 e. The van der Waals surface area contributed by atoms with E-state index in [4.69, 9.17) is 4.74 Å².